The van der Waals surface area contributed by atoms with Crippen LogP contribution in [-0.2, 0) is 11.2 Å². The van der Waals surface area contributed by atoms with Gasteiger partial charge in [-0.15, -0.1) is 11.3 Å². The molecule has 122 valence electrons. The van der Waals surface area contributed by atoms with Crippen LogP contribution in [0.15, 0.2) is 18.2 Å². The number of carbonyl (C=O) groups is 1. The molecule has 0 spiro atoms. The third-order valence-electron chi connectivity index (χ3n) is 3.26. The van der Waals surface area contributed by atoms with Gasteiger partial charge in [-0.2, -0.15) is 0 Å². The van der Waals surface area contributed by atoms with E-state index in [1.165, 1.54) is 10.4 Å². The summed E-state index contributed by atoms with van der Waals surface area (Å²) in [6.07, 6.45) is 5.78. The van der Waals surface area contributed by atoms with Gasteiger partial charge < -0.3 is 15.4 Å². The largest absolute Gasteiger partial charge is 0.444 e. The van der Waals surface area contributed by atoms with Crippen molar-refractivity contribution in [3.8, 4) is 0 Å². The van der Waals surface area contributed by atoms with E-state index in [1.54, 1.807) is 11.3 Å². The Morgan fingerprint density at radius 1 is 1.45 bits per heavy atom. The van der Waals surface area contributed by atoms with Gasteiger partial charge in [0.2, 0.25) is 0 Å². The van der Waals surface area contributed by atoms with Crippen LogP contribution in [0, 0.1) is 0 Å². The SMILES string of the molecule is CC(C)(C)OC(=O)NC/C=C/CNC1CCc2sc(Cl)cc21. The maximum absolute atomic E-state index is 11.4. The molecule has 0 saturated carbocycles. The minimum absolute atomic E-state index is 0.390. The average Bonchev–Trinajstić information content (AvgIpc) is 2.91. The summed E-state index contributed by atoms with van der Waals surface area (Å²) in [5.74, 6) is 0. The van der Waals surface area contributed by atoms with Crippen LogP contribution in [0.4, 0.5) is 4.79 Å². The molecule has 0 radical (unpaired) electrons. The predicted octanol–water partition coefficient (Wildman–Crippen LogP) is 4.06. The van der Waals surface area contributed by atoms with Crippen LogP contribution in [0.5, 0.6) is 0 Å². The maximum atomic E-state index is 11.4. The second-order valence-corrected chi connectivity index (χ2v) is 8.05. The van der Waals surface area contributed by atoms with Crippen LogP contribution in [0.3, 0.4) is 0 Å². The Morgan fingerprint density at radius 3 is 2.91 bits per heavy atom. The van der Waals surface area contributed by atoms with Crippen molar-refractivity contribution in [3.05, 3.63) is 33.0 Å². The molecule has 4 nitrogen and oxygen atoms in total. The third kappa shape index (κ3) is 5.30. The van der Waals surface area contributed by atoms with Crippen LogP contribution in [-0.4, -0.2) is 24.8 Å². The van der Waals surface area contributed by atoms with E-state index in [9.17, 15) is 4.79 Å². The fourth-order valence-corrected chi connectivity index (χ4v) is 3.73. The first-order chi connectivity index (χ1) is 10.3. The van der Waals surface area contributed by atoms with E-state index >= 15 is 0 Å². The summed E-state index contributed by atoms with van der Waals surface area (Å²) >= 11 is 7.73. The zero-order valence-corrected chi connectivity index (χ0v) is 14.8. The van der Waals surface area contributed by atoms with Crippen molar-refractivity contribution in [2.75, 3.05) is 13.1 Å². The van der Waals surface area contributed by atoms with Crippen LogP contribution in [0.2, 0.25) is 4.34 Å². The van der Waals surface area contributed by atoms with E-state index in [1.807, 2.05) is 32.9 Å². The molecule has 1 aromatic heterocycles. The number of carbonyl (C=O) groups excluding carboxylic acids is 1. The third-order valence-corrected chi connectivity index (χ3v) is 4.60. The van der Waals surface area contributed by atoms with E-state index in [4.69, 9.17) is 16.3 Å². The minimum Gasteiger partial charge on any atom is -0.444 e. The minimum atomic E-state index is -0.461. The fraction of sp³-hybridized carbons (Fsp3) is 0.562. The molecule has 1 aliphatic carbocycles. The van der Waals surface area contributed by atoms with Crippen LogP contribution in [0.25, 0.3) is 0 Å². The number of hydrogen-bond donors (Lipinski definition) is 2. The van der Waals surface area contributed by atoms with E-state index in [-0.39, 0.29) is 0 Å². The average molecular weight is 343 g/mol. The Labute approximate surface area is 140 Å². The highest BCUT2D eigenvalue weighted by atomic mass is 35.5. The summed E-state index contributed by atoms with van der Waals surface area (Å²) in [6, 6.07) is 2.46. The maximum Gasteiger partial charge on any atom is 0.407 e. The number of thiophene rings is 1. The Morgan fingerprint density at radius 2 is 2.18 bits per heavy atom. The van der Waals surface area contributed by atoms with Crippen LogP contribution >= 0.6 is 22.9 Å². The first-order valence-electron chi connectivity index (χ1n) is 7.48. The number of nitrogens with one attached hydrogen (secondary N) is 2. The van der Waals surface area contributed by atoms with Gasteiger partial charge in [0, 0.05) is 24.0 Å². The molecular formula is C16H23ClN2O2S. The molecule has 2 N–H and O–H groups in total. The van der Waals surface area contributed by atoms with Gasteiger partial charge in [0.1, 0.15) is 5.60 Å². The smallest absolute Gasteiger partial charge is 0.407 e. The lowest BCUT2D eigenvalue weighted by Gasteiger charge is -2.19. The molecule has 0 fully saturated rings. The number of aryl methyl sites for hydroxylation is 1. The molecule has 0 aromatic carbocycles. The fourth-order valence-electron chi connectivity index (χ4n) is 2.38. The zero-order chi connectivity index (χ0) is 16.2. The van der Waals surface area contributed by atoms with Crippen molar-refractivity contribution in [2.24, 2.45) is 0 Å². The number of fused-ring (bicyclic) bond motifs is 1. The molecule has 22 heavy (non-hydrogen) atoms. The Balaban J connectivity index is 1.64. The predicted molar refractivity (Wildman–Crippen MR) is 91.8 cm³/mol. The second kappa shape index (κ2) is 7.49. The lowest BCUT2D eigenvalue weighted by molar-refractivity contribution is 0.0534. The van der Waals surface area contributed by atoms with Crippen molar-refractivity contribution < 1.29 is 9.53 Å². The zero-order valence-electron chi connectivity index (χ0n) is 13.2. The lowest BCUT2D eigenvalue weighted by Crippen LogP contribution is -2.32. The molecule has 6 heteroatoms. The van der Waals surface area contributed by atoms with Crippen molar-refractivity contribution in [1.29, 1.82) is 0 Å². The van der Waals surface area contributed by atoms with Gasteiger partial charge in [-0.3, -0.25) is 0 Å². The van der Waals surface area contributed by atoms with Crippen LogP contribution < -0.4 is 10.6 Å². The molecule has 0 aliphatic heterocycles. The molecule has 0 bridgehead atoms. The van der Waals surface area contributed by atoms with Gasteiger partial charge >= 0.3 is 6.09 Å². The highest BCUT2D eigenvalue weighted by Gasteiger charge is 2.24. The highest BCUT2D eigenvalue weighted by Crippen LogP contribution is 2.39. The van der Waals surface area contributed by atoms with E-state index in [2.05, 4.69) is 16.7 Å². The van der Waals surface area contributed by atoms with Crippen LogP contribution in [0.1, 0.15) is 43.7 Å². The van der Waals surface area contributed by atoms with Gasteiger partial charge in [-0.25, -0.2) is 4.79 Å². The molecule has 2 rings (SSSR count). The summed E-state index contributed by atoms with van der Waals surface area (Å²) in [5.41, 5.74) is 0.882. The van der Waals surface area contributed by atoms with E-state index in [0.717, 1.165) is 23.7 Å². The number of alkyl carbamates (subject to hydrolysis) is 1. The molecular weight excluding hydrogens is 320 g/mol. The summed E-state index contributed by atoms with van der Waals surface area (Å²) < 4.78 is 6.03. The molecule has 1 aromatic rings. The van der Waals surface area contributed by atoms with Gasteiger partial charge in [-0.05, 0) is 45.2 Å². The topological polar surface area (TPSA) is 50.4 Å². The highest BCUT2D eigenvalue weighted by molar-refractivity contribution is 7.16. The first-order valence-corrected chi connectivity index (χ1v) is 8.68. The first kappa shape index (κ1) is 17.3. The number of halogens is 1. The molecule has 1 unspecified atom stereocenters. The Kier molecular flexibility index (Phi) is 5.89. The summed E-state index contributed by atoms with van der Waals surface area (Å²) in [5, 5.41) is 6.19. The van der Waals surface area contributed by atoms with Crippen molar-refractivity contribution in [3.63, 3.8) is 0 Å². The summed E-state index contributed by atoms with van der Waals surface area (Å²) in [4.78, 5) is 12.8. The van der Waals surface area contributed by atoms with Gasteiger partial charge in [-0.1, -0.05) is 23.8 Å². The lowest BCUT2D eigenvalue weighted by atomic mass is 10.2. The number of ether oxygens (including phenoxy) is 1. The monoisotopic (exact) mass is 342 g/mol. The Hall–Kier alpha value is -1.04. The number of hydrogen-bond acceptors (Lipinski definition) is 4. The standard InChI is InChI=1S/C16H23ClN2O2S/c1-16(2,3)21-15(20)19-9-5-4-8-18-12-6-7-13-11(12)10-14(17)22-13/h4-5,10,12,18H,6-9H2,1-3H3,(H,19,20)/b5-4+. The van der Waals surface area contributed by atoms with Crippen molar-refractivity contribution in [1.82, 2.24) is 10.6 Å². The summed E-state index contributed by atoms with van der Waals surface area (Å²) in [6.45, 7) is 6.78. The quantitative estimate of drug-likeness (QED) is 0.793. The molecule has 1 aliphatic rings. The second-order valence-electron chi connectivity index (χ2n) is 6.28. The summed E-state index contributed by atoms with van der Waals surface area (Å²) in [7, 11) is 0. The molecule has 1 atom stereocenters. The van der Waals surface area contributed by atoms with E-state index in [0.29, 0.717) is 12.6 Å². The van der Waals surface area contributed by atoms with Crippen molar-refractivity contribution in [2.45, 2.75) is 45.3 Å². The normalized spacial score (nSPS) is 17.7. The molecule has 1 amide bonds. The number of rotatable bonds is 5. The molecule has 1 heterocycles. The van der Waals surface area contributed by atoms with Gasteiger partial charge in [0.15, 0.2) is 0 Å². The number of amides is 1. The van der Waals surface area contributed by atoms with E-state index < -0.39 is 11.7 Å². The van der Waals surface area contributed by atoms with Crippen molar-refractivity contribution >= 4 is 29.0 Å². The molecule has 0 saturated heterocycles. The Bertz CT molecular complexity index is 549. The van der Waals surface area contributed by atoms with Gasteiger partial charge in [0.05, 0.1) is 4.34 Å². The van der Waals surface area contributed by atoms with Gasteiger partial charge in [0.25, 0.3) is 0 Å².